The van der Waals surface area contributed by atoms with Crippen molar-refractivity contribution in [2.75, 3.05) is 0 Å². The maximum absolute atomic E-state index is 2.40. The Morgan fingerprint density at radius 2 is 1.16 bits per heavy atom. The summed E-state index contributed by atoms with van der Waals surface area (Å²) in [6.07, 6.45) is 0. The molecule has 0 N–H and O–H groups in total. The lowest BCUT2D eigenvalue weighted by atomic mass is 9.79. The molecule has 31 heavy (non-hydrogen) atoms. The molecule has 0 amide bonds. The molecule has 7 rings (SSSR count). The Hall–Kier alpha value is -3.64. The Kier molecular flexibility index (Phi) is 3.16. The Morgan fingerprint density at radius 3 is 2.00 bits per heavy atom. The molecule has 0 atom stereocenters. The van der Waals surface area contributed by atoms with E-state index in [-0.39, 0.29) is 5.41 Å². The van der Waals surface area contributed by atoms with Gasteiger partial charge in [0, 0.05) is 5.41 Å². The summed E-state index contributed by atoms with van der Waals surface area (Å²) in [7, 11) is 0. The van der Waals surface area contributed by atoms with E-state index in [2.05, 4.69) is 111 Å². The molecule has 0 heteroatoms. The van der Waals surface area contributed by atoms with Gasteiger partial charge in [0.15, 0.2) is 0 Å². The van der Waals surface area contributed by atoms with Crippen molar-refractivity contribution in [3.63, 3.8) is 0 Å². The van der Waals surface area contributed by atoms with Crippen molar-refractivity contribution in [2.24, 2.45) is 0 Å². The van der Waals surface area contributed by atoms with Gasteiger partial charge < -0.3 is 0 Å². The molecule has 0 unspecified atom stereocenters. The average Bonchev–Trinajstić information content (AvgIpc) is 3.04. The minimum atomic E-state index is -0.0352. The Bertz CT molecular complexity index is 1700. The van der Waals surface area contributed by atoms with Crippen LogP contribution in [0.3, 0.4) is 0 Å². The zero-order chi connectivity index (χ0) is 20.7. The number of benzene rings is 6. The highest BCUT2D eigenvalue weighted by Gasteiger charge is 2.37. The third-order valence-corrected chi connectivity index (χ3v) is 7.38. The van der Waals surface area contributed by atoms with E-state index in [1.54, 1.807) is 0 Å². The van der Waals surface area contributed by atoms with Crippen LogP contribution in [0.4, 0.5) is 0 Å². The third-order valence-electron chi connectivity index (χ3n) is 7.38. The van der Waals surface area contributed by atoms with Crippen molar-refractivity contribution in [2.45, 2.75) is 19.3 Å². The van der Waals surface area contributed by atoms with Crippen molar-refractivity contribution in [1.29, 1.82) is 0 Å². The average molecular weight is 395 g/mol. The second kappa shape index (κ2) is 5.74. The zero-order valence-corrected chi connectivity index (χ0v) is 17.7. The Labute approximate surface area is 181 Å². The summed E-state index contributed by atoms with van der Waals surface area (Å²) in [5, 5.41) is 10.7. The Balaban J connectivity index is 1.64. The first-order valence-electron chi connectivity index (χ1n) is 11.0. The first-order chi connectivity index (χ1) is 15.1. The van der Waals surface area contributed by atoms with Crippen molar-refractivity contribution < 1.29 is 0 Å². The van der Waals surface area contributed by atoms with E-state index in [0.29, 0.717) is 0 Å². The molecule has 0 nitrogen and oxygen atoms in total. The van der Waals surface area contributed by atoms with Gasteiger partial charge in [-0.2, -0.15) is 0 Å². The Morgan fingerprint density at radius 1 is 0.484 bits per heavy atom. The van der Waals surface area contributed by atoms with Crippen molar-refractivity contribution in [3.8, 4) is 11.1 Å². The highest BCUT2D eigenvalue weighted by molar-refractivity contribution is 6.15. The second-order valence-corrected chi connectivity index (χ2v) is 9.40. The van der Waals surface area contributed by atoms with Gasteiger partial charge in [-0.1, -0.05) is 98.8 Å². The molecule has 1 aliphatic carbocycles. The summed E-state index contributed by atoms with van der Waals surface area (Å²) in [6, 6.07) is 36.1. The molecule has 0 heterocycles. The quantitative estimate of drug-likeness (QED) is 0.179. The van der Waals surface area contributed by atoms with Gasteiger partial charge in [-0.05, 0) is 77.5 Å². The molecular weight excluding hydrogens is 372 g/mol. The predicted molar refractivity (Wildman–Crippen MR) is 134 cm³/mol. The van der Waals surface area contributed by atoms with E-state index in [9.17, 15) is 0 Å². The first-order valence-corrected chi connectivity index (χ1v) is 11.0. The van der Waals surface area contributed by atoms with E-state index in [1.165, 1.54) is 65.3 Å². The van der Waals surface area contributed by atoms with Crippen LogP contribution in [0.1, 0.15) is 25.0 Å². The molecule has 146 valence electrons. The molecule has 0 spiro atoms. The molecule has 6 aromatic carbocycles. The van der Waals surface area contributed by atoms with Crippen LogP contribution in [0, 0.1) is 0 Å². The minimum Gasteiger partial charge on any atom is -0.0616 e. The number of hydrogen-bond acceptors (Lipinski definition) is 0. The summed E-state index contributed by atoms with van der Waals surface area (Å²) in [6.45, 7) is 4.78. The largest absolute Gasteiger partial charge is 0.0616 e. The maximum atomic E-state index is 2.40. The van der Waals surface area contributed by atoms with Crippen LogP contribution in [0.25, 0.3) is 54.2 Å². The van der Waals surface area contributed by atoms with Crippen LogP contribution in [-0.4, -0.2) is 0 Å². The second-order valence-electron chi connectivity index (χ2n) is 9.40. The molecule has 0 fully saturated rings. The van der Waals surface area contributed by atoms with Gasteiger partial charge >= 0.3 is 0 Å². The van der Waals surface area contributed by atoms with Crippen LogP contribution < -0.4 is 0 Å². The monoisotopic (exact) mass is 394 g/mol. The van der Waals surface area contributed by atoms with Crippen LogP contribution in [-0.2, 0) is 5.41 Å². The van der Waals surface area contributed by atoms with Crippen molar-refractivity contribution in [1.82, 2.24) is 0 Å². The minimum absolute atomic E-state index is 0.0352. The van der Waals surface area contributed by atoms with Crippen LogP contribution in [0.15, 0.2) is 97.1 Å². The molecule has 0 bridgehead atoms. The molecule has 0 saturated heterocycles. The third kappa shape index (κ3) is 2.15. The molecular formula is C31H22. The van der Waals surface area contributed by atoms with Gasteiger partial charge in [0.2, 0.25) is 0 Å². The number of hydrogen-bond donors (Lipinski definition) is 0. The fraction of sp³-hybridized carbons (Fsp3) is 0.0968. The molecule has 0 aliphatic heterocycles. The van der Waals surface area contributed by atoms with Gasteiger partial charge in [0.25, 0.3) is 0 Å². The summed E-state index contributed by atoms with van der Waals surface area (Å²) in [5.74, 6) is 0. The summed E-state index contributed by atoms with van der Waals surface area (Å²) < 4.78 is 0. The van der Waals surface area contributed by atoms with E-state index < -0.39 is 0 Å². The number of fused-ring (bicyclic) bond motifs is 10. The zero-order valence-electron chi connectivity index (χ0n) is 17.7. The van der Waals surface area contributed by atoms with E-state index in [0.717, 1.165) is 0 Å². The lowest BCUT2D eigenvalue weighted by Crippen LogP contribution is -2.15. The smallest absolute Gasteiger partial charge is 0.0165 e. The molecule has 0 radical (unpaired) electrons. The lowest BCUT2D eigenvalue weighted by molar-refractivity contribution is 0.667. The summed E-state index contributed by atoms with van der Waals surface area (Å²) in [5.41, 5.74) is 5.67. The van der Waals surface area contributed by atoms with Gasteiger partial charge in [0.1, 0.15) is 0 Å². The van der Waals surface area contributed by atoms with Gasteiger partial charge in [-0.25, -0.2) is 0 Å². The predicted octanol–water partition coefficient (Wildman–Crippen LogP) is 8.61. The standard InChI is InChI=1S/C31H22/c1-31(2)28-16-15-24-23-10-6-5-7-19(23)11-13-25(24)29(28)26-14-12-22-17-20-8-3-4-9-21(20)18-27(22)30(26)31/h3-18H,1-2H3. The van der Waals surface area contributed by atoms with Crippen molar-refractivity contribution in [3.05, 3.63) is 108 Å². The highest BCUT2D eigenvalue weighted by Crippen LogP contribution is 2.54. The van der Waals surface area contributed by atoms with Crippen LogP contribution in [0.2, 0.25) is 0 Å². The summed E-state index contributed by atoms with van der Waals surface area (Å²) >= 11 is 0. The van der Waals surface area contributed by atoms with Gasteiger partial charge in [0.05, 0.1) is 0 Å². The fourth-order valence-corrected chi connectivity index (χ4v) is 5.93. The van der Waals surface area contributed by atoms with Gasteiger partial charge in [-0.15, -0.1) is 0 Å². The maximum Gasteiger partial charge on any atom is 0.0165 e. The number of rotatable bonds is 0. The van der Waals surface area contributed by atoms with Crippen LogP contribution >= 0.6 is 0 Å². The molecule has 0 saturated carbocycles. The lowest BCUT2D eigenvalue weighted by Gasteiger charge is -2.23. The highest BCUT2D eigenvalue weighted by atomic mass is 14.4. The normalized spacial score (nSPS) is 14.4. The van der Waals surface area contributed by atoms with E-state index in [1.807, 2.05) is 0 Å². The fourth-order valence-electron chi connectivity index (χ4n) is 5.93. The van der Waals surface area contributed by atoms with E-state index >= 15 is 0 Å². The van der Waals surface area contributed by atoms with E-state index in [4.69, 9.17) is 0 Å². The topological polar surface area (TPSA) is 0 Å². The van der Waals surface area contributed by atoms with Crippen molar-refractivity contribution >= 4 is 43.1 Å². The molecule has 0 aromatic heterocycles. The SMILES string of the molecule is CC1(C)c2ccc3c(ccc4ccccc43)c2-c2ccc3cc4ccccc4cc3c21. The molecule has 1 aliphatic rings. The van der Waals surface area contributed by atoms with Crippen LogP contribution in [0.5, 0.6) is 0 Å². The molecule has 6 aromatic rings. The summed E-state index contributed by atoms with van der Waals surface area (Å²) in [4.78, 5) is 0. The first kappa shape index (κ1) is 17.1. The van der Waals surface area contributed by atoms with Gasteiger partial charge in [-0.3, -0.25) is 0 Å².